The zero-order valence-electron chi connectivity index (χ0n) is 10.6. The molecule has 0 saturated heterocycles. The SMILES string of the molecule is Cc1cc(C)c(C(N)c2snnc2C)cc1C. The average Bonchev–Trinajstić information content (AvgIpc) is 2.69. The molecule has 1 aromatic heterocycles. The fourth-order valence-electron chi connectivity index (χ4n) is 1.98. The first-order chi connectivity index (χ1) is 8.00. The van der Waals surface area contributed by atoms with Crippen molar-refractivity contribution >= 4 is 11.5 Å². The quantitative estimate of drug-likeness (QED) is 0.887. The summed E-state index contributed by atoms with van der Waals surface area (Å²) in [4.78, 5) is 1.05. The summed E-state index contributed by atoms with van der Waals surface area (Å²) in [6, 6.07) is 4.25. The van der Waals surface area contributed by atoms with Gasteiger partial charge >= 0.3 is 0 Å². The predicted molar refractivity (Wildman–Crippen MR) is 71.3 cm³/mol. The highest BCUT2D eigenvalue weighted by Crippen LogP contribution is 2.28. The number of hydrogen-bond acceptors (Lipinski definition) is 4. The standard InChI is InChI=1S/C13H17N3S/c1-7-5-9(3)11(6-8(7)2)12(14)13-10(4)15-16-17-13/h5-6,12H,14H2,1-4H3. The summed E-state index contributed by atoms with van der Waals surface area (Å²) in [5.74, 6) is 0. The van der Waals surface area contributed by atoms with E-state index in [4.69, 9.17) is 5.73 Å². The van der Waals surface area contributed by atoms with Gasteiger partial charge in [-0.15, -0.1) is 5.10 Å². The third-order valence-electron chi connectivity index (χ3n) is 3.19. The summed E-state index contributed by atoms with van der Waals surface area (Å²) < 4.78 is 3.95. The van der Waals surface area contributed by atoms with E-state index in [1.54, 1.807) is 0 Å². The first-order valence-corrected chi connectivity index (χ1v) is 6.40. The molecular weight excluding hydrogens is 230 g/mol. The molecule has 0 radical (unpaired) electrons. The molecule has 2 N–H and O–H groups in total. The van der Waals surface area contributed by atoms with Crippen LogP contribution >= 0.6 is 11.5 Å². The molecule has 0 aliphatic rings. The van der Waals surface area contributed by atoms with Crippen LogP contribution in [0.15, 0.2) is 12.1 Å². The molecule has 1 heterocycles. The zero-order chi connectivity index (χ0) is 12.6. The van der Waals surface area contributed by atoms with Gasteiger partial charge in [0.25, 0.3) is 0 Å². The van der Waals surface area contributed by atoms with E-state index in [9.17, 15) is 0 Å². The Morgan fingerprint density at radius 2 is 1.71 bits per heavy atom. The van der Waals surface area contributed by atoms with Crippen LogP contribution in [0.25, 0.3) is 0 Å². The highest BCUT2D eigenvalue weighted by molar-refractivity contribution is 7.05. The Balaban J connectivity index is 2.48. The maximum Gasteiger partial charge on any atom is 0.0776 e. The fraction of sp³-hybridized carbons (Fsp3) is 0.385. The number of aryl methyl sites for hydroxylation is 4. The Morgan fingerprint density at radius 3 is 2.29 bits per heavy atom. The van der Waals surface area contributed by atoms with Crippen molar-refractivity contribution in [1.82, 2.24) is 9.59 Å². The van der Waals surface area contributed by atoms with Gasteiger partial charge in [0.15, 0.2) is 0 Å². The van der Waals surface area contributed by atoms with Crippen LogP contribution in [0.1, 0.15) is 38.9 Å². The van der Waals surface area contributed by atoms with Crippen LogP contribution in [0.2, 0.25) is 0 Å². The lowest BCUT2D eigenvalue weighted by atomic mass is 9.95. The fourth-order valence-corrected chi connectivity index (χ4v) is 2.65. The van der Waals surface area contributed by atoms with Crippen molar-refractivity contribution < 1.29 is 0 Å². The molecule has 0 saturated carbocycles. The third kappa shape index (κ3) is 2.23. The minimum atomic E-state index is -0.116. The Labute approximate surface area is 106 Å². The van der Waals surface area contributed by atoms with Crippen molar-refractivity contribution in [3.63, 3.8) is 0 Å². The second kappa shape index (κ2) is 4.55. The smallest absolute Gasteiger partial charge is 0.0776 e. The van der Waals surface area contributed by atoms with Crippen LogP contribution in [-0.4, -0.2) is 9.59 Å². The predicted octanol–water partition coefficient (Wildman–Crippen LogP) is 2.82. The summed E-state index contributed by atoms with van der Waals surface area (Å²) in [6.07, 6.45) is 0. The van der Waals surface area contributed by atoms with Crippen molar-refractivity contribution in [3.05, 3.63) is 45.0 Å². The van der Waals surface area contributed by atoms with E-state index in [1.165, 1.54) is 33.8 Å². The summed E-state index contributed by atoms with van der Waals surface area (Å²) in [7, 11) is 0. The summed E-state index contributed by atoms with van der Waals surface area (Å²) >= 11 is 1.39. The minimum absolute atomic E-state index is 0.116. The van der Waals surface area contributed by atoms with Crippen LogP contribution in [0.5, 0.6) is 0 Å². The highest BCUT2D eigenvalue weighted by Gasteiger charge is 2.17. The molecule has 4 heteroatoms. The molecule has 2 aromatic rings. The molecule has 0 fully saturated rings. The molecule has 1 atom stereocenters. The molecule has 2 rings (SSSR count). The Kier molecular flexibility index (Phi) is 3.26. The van der Waals surface area contributed by atoms with Crippen LogP contribution in [0, 0.1) is 27.7 Å². The molecule has 90 valence electrons. The van der Waals surface area contributed by atoms with Crippen molar-refractivity contribution in [2.75, 3.05) is 0 Å². The van der Waals surface area contributed by atoms with Gasteiger partial charge in [-0.1, -0.05) is 16.6 Å². The van der Waals surface area contributed by atoms with Crippen LogP contribution in [0.3, 0.4) is 0 Å². The third-order valence-corrected chi connectivity index (χ3v) is 4.10. The monoisotopic (exact) mass is 247 g/mol. The van der Waals surface area contributed by atoms with Crippen molar-refractivity contribution in [3.8, 4) is 0 Å². The summed E-state index contributed by atoms with van der Waals surface area (Å²) in [5.41, 5.74) is 12.2. The maximum absolute atomic E-state index is 6.31. The maximum atomic E-state index is 6.31. The molecular formula is C13H17N3S. The highest BCUT2D eigenvalue weighted by atomic mass is 32.1. The molecule has 0 aliphatic heterocycles. The molecule has 1 unspecified atom stereocenters. The average molecular weight is 247 g/mol. The van der Waals surface area contributed by atoms with Crippen molar-refractivity contribution in [2.24, 2.45) is 5.73 Å². The molecule has 17 heavy (non-hydrogen) atoms. The van der Waals surface area contributed by atoms with E-state index < -0.39 is 0 Å². The van der Waals surface area contributed by atoms with E-state index in [0.29, 0.717) is 0 Å². The van der Waals surface area contributed by atoms with Gasteiger partial charge in [-0.25, -0.2) is 0 Å². The first kappa shape index (κ1) is 12.2. The van der Waals surface area contributed by atoms with E-state index in [1.807, 2.05) is 6.92 Å². The number of nitrogens with two attached hydrogens (primary N) is 1. The Bertz CT molecular complexity index is 546. The lowest BCUT2D eigenvalue weighted by Gasteiger charge is -2.15. The van der Waals surface area contributed by atoms with Gasteiger partial charge in [-0.3, -0.25) is 0 Å². The Hall–Kier alpha value is -1.26. The second-order valence-electron chi connectivity index (χ2n) is 4.49. The van der Waals surface area contributed by atoms with Gasteiger partial charge < -0.3 is 5.73 Å². The number of nitrogens with zero attached hydrogens (tertiary/aromatic N) is 2. The van der Waals surface area contributed by atoms with E-state index in [0.717, 1.165) is 10.6 Å². The van der Waals surface area contributed by atoms with E-state index >= 15 is 0 Å². The summed E-state index contributed by atoms with van der Waals surface area (Å²) in [5, 5.41) is 4.02. The van der Waals surface area contributed by atoms with Gasteiger partial charge in [0.1, 0.15) is 0 Å². The molecule has 0 aliphatic carbocycles. The number of hydrogen-bond donors (Lipinski definition) is 1. The number of aromatic nitrogens is 2. The lowest BCUT2D eigenvalue weighted by molar-refractivity contribution is 0.861. The summed E-state index contributed by atoms with van der Waals surface area (Å²) in [6.45, 7) is 8.29. The van der Waals surface area contributed by atoms with Gasteiger partial charge in [-0.05, 0) is 61.5 Å². The zero-order valence-corrected chi connectivity index (χ0v) is 11.4. The van der Waals surface area contributed by atoms with Crippen molar-refractivity contribution in [1.29, 1.82) is 0 Å². The van der Waals surface area contributed by atoms with Gasteiger partial charge in [-0.2, -0.15) is 0 Å². The second-order valence-corrected chi connectivity index (χ2v) is 5.28. The van der Waals surface area contributed by atoms with Crippen LogP contribution in [-0.2, 0) is 0 Å². The van der Waals surface area contributed by atoms with Gasteiger partial charge in [0.05, 0.1) is 16.6 Å². The molecule has 0 amide bonds. The minimum Gasteiger partial charge on any atom is -0.319 e. The van der Waals surface area contributed by atoms with Crippen molar-refractivity contribution in [2.45, 2.75) is 33.7 Å². The van der Waals surface area contributed by atoms with Crippen LogP contribution in [0.4, 0.5) is 0 Å². The molecule has 0 spiro atoms. The van der Waals surface area contributed by atoms with E-state index in [2.05, 4.69) is 42.5 Å². The van der Waals surface area contributed by atoms with Gasteiger partial charge in [0.2, 0.25) is 0 Å². The molecule has 1 aromatic carbocycles. The molecule has 3 nitrogen and oxygen atoms in total. The van der Waals surface area contributed by atoms with Gasteiger partial charge in [0, 0.05) is 0 Å². The molecule has 0 bridgehead atoms. The largest absolute Gasteiger partial charge is 0.319 e. The lowest BCUT2D eigenvalue weighted by Crippen LogP contribution is -2.13. The Morgan fingerprint density at radius 1 is 1.06 bits per heavy atom. The van der Waals surface area contributed by atoms with E-state index in [-0.39, 0.29) is 6.04 Å². The van der Waals surface area contributed by atoms with Crippen LogP contribution < -0.4 is 5.73 Å². The number of benzene rings is 1. The first-order valence-electron chi connectivity index (χ1n) is 5.63. The normalized spacial score (nSPS) is 12.8. The topological polar surface area (TPSA) is 51.8 Å². The number of rotatable bonds is 2.